The largest absolute Gasteiger partial charge is 0.448 e. The smallest absolute Gasteiger partial charge is 0.357 e. The molecule has 0 N–H and O–H groups in total. The van der Waals surface area contributed by atoms with Crippen LogP contribution in [0.4, 0.5) is 0 Å². The molecule has 1 amide bonds. The fourth-order valence-electron chi connectivity index (χ4n) is 2.52. The molecule has 2 aromatic rings. The van der Waals surface area contributed by atoms with Crippen molar-refractivity contribution in [3.8, 4) is 5.69 Å². The van der Waals surface area contributed by atoms with Gasteiger partial charge in [-0.2, -0.15) is 5.10 Å². The van der Waals surface area contributed by atoms with Crippen LogP contribution < -0.4 is 0 Å². The third-order valence-corrected chi connectivity index (χ3v) is 4.01. The molecule has 6 heteroatoms. The number of rotatable bonds is 5. The lowest BCUT2D eigenvalue weighted by atomic mass is 10.2. The van der Waals surface area contributed by atoms with Crippen LogP contribution in [-0.4, -0.2) is 46.8 Å². The zero-order chi connectivity index (χ0) is 17.3. The molecule has 0 bridgehead atoms. The molecule has 1 aliphatic rings. The number of carbonyl (C=O) groups is 2. The second-order valence-corrected chi connectivity index (χ2v) is 6.26. The van der Waals surface area contributed by atoms with E-state index in [2.05, 4.69) is 5.10 Å². The van der Waals surface area contributed by atoms with E-state index in [0.29, 0.717) is 11.6 Å². The number of aromatic nitrogens is 2. The predicted octanol–water partition coefficient (Wildman–Crippen LogP) is 2.38. The molecule has 0 spiro atoms. The van der Waals surface area contributed by atoms with Crippen LogP contribution in [0.1, 0.15) is 41.9 Å². The van der Waals surface area contributed by atoms with Crippen LogP contribution in [-0.2, 0) is 9.53 Å². The maximum Gasteiger partial charge on any atom is 0.357 e. The van der Waals surface area contributed by atoms with Crippen molar-refractivity contribution in [2.45, 2.75) is 31.8 Å². The molecule has 1 heterocycles. The summed E-state index contributed by atoms with van der Waals surface area (Å²) in [5.41, 5.74) is 2.04. The van der Waals surface area contributed by atoms with Gasteiger partial charge in [0.25, 0.3) is 5.91 Å². The summed E-state index contributed by atoms with van der Waals surface area (Å²) in [6, 6.07) is 11.2. The van der Waals surface area contributed by atoms with Gasteiger partial charge in [0, 0.05) is 20.0 Å². The highest BCUT2D eigenvalue weighted by Gasteiger charge is 2.30. The quantitative estimate of drug-likeness (QED) is 0.791. The first-order valence-electron chi connectivity index (χ1n) is 8.05. The first-order valence-corrected chi connectivity index (χ1v) is 8.05. The molecule has 24 heavy (non-hydrogen) atoms. The van der Waals surface area contributed by atoms with E-state index in [1.807, 2.05) is 30.3 Å². The number of hydrogen-bond donors (Lipinski definition) is 0. The molecule has 0 aliphatic heterocycles. The number of nitrogens with zero attached hydrogens (tertiary/aromatic N) is 3. The molecule has 1 atom stereocenters. The van der Waals surface area contributed by atoms with Gasteiger partial charge in [0.05, 0.1) is 11.4 Å². The molecule has 1 aromatic carbocycles. The molecule has 126 valence electrons. The number of benzene rings is 1. The van der Waals surface area contributed by atoms with Crippen LogP contribution in [0.15, 0.2) is 36.4 Å². The summed E-state index contributed by atoms with van der Waals surface area (Å²) in [5, 5.41) is 4.57. The predicted molar refractivity (Wildman–Crippen MR) is 89.1 cm³/mol. The van der Waals surface area contributed by atoms with E-state index in [1.54, 1.807) is 31.8 Å². The Labute approximate surface area is 141 Å². The normalized spacial score (nSPS) is 15.0. The van der Waals surface area contributed by atoms with Gasteiger partial charge in [-0.25, -0.2) is 9.48 Å². The number of esters is 1. The number of carbonyl (C=O) groups excluding carboxylic acids is 2. The second kappa shape index (κ2) is 6.47. The highest BCUT2D eigenvalue weighted by Crippen LogP contribution is 2.39. The Morgan fingerprint density at radius 3 is 2.50 bits per heavy atom. The Balaban J connectivity index is 1.89. The van der Waals surface area contributed by atoms with Gasteiger partial charge in [0.1, 0.15) is 0 Å². The lowest BCUT2D eigenvalue weighted by molar-refractivity contribution is -0.137. The van der Waals surface area contributed by atoms with Gasteiger partial charge in [0.2, 0.25) is 0 Å². The zero-order valence-electron chi connectivity index (χ0n) is 14.1. The fraction of sp³-hybridized carbons (Fsp3) is 0.389. The summed E-state index contributed by atoms with van der Waals surface area (Å²) in [5.74, 6) is -0.375. The highest BCUT2D eigenvalue weighted by atomic mass is 16.5. The van der Waals surface area contributed by atoms with E-state index in [4.69, 9.17) is 4.74 Å². The summed E-state index contributed by atoms with van der Waals surface area (Å²) in [4.78, 5) is 25.9. The zero-order valence-corrected chi connectivity index (χ0v) is 14.1. The van der Waals surface area contributed by atoms with Crippen molar-refractivity contribution in [2.24, 2.45) is 0 Å². The Kier molecular flexibility index (Phi) is 4.38. The van der Waals surface area contributed by atoms with Gasteiger partial charge >= 0.3 is 5.97 Å². The molecule has 0 saturated heterocycles. The number of hydrogen-bond acceptors (Lipinski definition) is 4. The summed E-state index contributed by atoms with van der Waals surface area (Å²) < 4.78 is 6.94. The van der Waals surface area contributed by atoms with Crippen molar-refractivity contribution in [3.05, 3.63) is 47.8 Å². The van der Waals surface area contributed by atoms with Gasteiger partial charge in [0.15, 0.2) is 11.8 Å². The topological polar surface area (TPSA) is 64.4 Å². The monoisotopic (exact) mass is 327 g/mol. The molecule has 1 fully saturated rings. The van der Waals surface area contributed by atoms with Gasteiger partial charge < -0.3 is 9.64 Å². The van der Waals surface area contributed by atoms with Crippen LogP contribution in [0.25, 0.3) is 5.69 Å². The summed E-state index contributed by atoms with van der Waals surface area (Å²) in [6.45, 7) is 1.57. The molecule has 1 saturated carbocycles. The number of likely N-dealkylation sites (N-methyl/N-ethyl adjacent to an activating group) is 1. The molecular formula is C18H21N3O3. The van der Waals surface area contributed by atoms with Gasteiger partial charge in [-0.1, -0.05) is 18.2 Å². The SMILES string of the molecule is C[C@@H](OC(=O)c1cc(C2CC2)nn1-c1ccccc1)C(=O)N(C)C. The standard InChI is InChI=1S/C18H21N3O3/c1-12(17(22)20(2)3)24-18(23)16-11-15(13-9-10-13)19-21(16)14-7-5-4-6-8-14/h4-8,11-13H,9-10H2,1-3H3/t12-/m1/s1. The van der Waals surface area contributed by atoms with E-state index < -0.39 is 12.1 Å². The van der Waals surface area contributed by atoms with E-state index in [-0.39, 0.29) is 5.91 Å². The van der Waals surface area contributed by atoms with Crippen molar-refractivity contribution in [1.29, 1.82) is 0 Å². The van der Waals surface area contributed by atoms with Crippen LogP contribution >= 0.6 is 0 Å². The van der Waals surface area contributed by atoms with Gasteiger partial charge in [-0.05, 0) is 38.0 Å². The number of amides is 1. The Morgan fingerprint density at radius 2 is 1.92 bits per heavy atom. The summed E-state index contributed by atoms with van der Waals surface area (Å²) in [7, 11) is 3.26. The minimum atomic E-state index is -0.837. The van der Waals surface area contributed by atoms with E-state index >= 15 is 0 Å². The molecule has 0 unspecified atom stereocenters. The van der Waals surface area contributed by atoms with Crippen LogP contribution in [0.2, 0.25) is 0 Å². The molecule has 3 rings (SSSR count). The Morgan fingerprint density at radius 1 is 1.25 bits per heavy atom. The maximum atomic E-state index is 12.6. The molecule has 1 aliphatic carbocycles. The van der Waals surface area contributed by atoms with Crippen LogP contribution in [0.3, 0.4) is 0 Å². The van der Waals surface area contributed by atoms with Crippen molar-refractivity contribution in [2.75, 3.05) is 14.1 Å². The first kappa shape index (κ1) is 16.2. The number of para-hydroxylation sites is 1. The van der Waals surface area contributed by atoms with Crippen molar-refractivity contribution >= 4 is 11.9 Å². The highest BCUT2D eigenvalue weighted by molar-refractivity contribution is 5.91. The fourth-order valence-corrected chi connectivity index (χ4v) is 2.52. The molecule has 6 nitrogen and oxygen atoms in total. The van der Waals surface area contributed by atoms with Gasteiger partial charge in [-0.3, -0.25) is 4.79 Å². The minimum Gasteiger partial charge on any atom is -0.448 e. The average Bonchev–Trinajstić information content (AvgIpc) is 3.33. The molecule has 0 radical (unpaired) electrons. The first-order chi connectivity index (χ1) is 11.5. The molecule has 1 aromatic heterocycles. The lowest BCUT2D eigenvalue weighted by Crippen LogP contribution is -2.35. The maximum absolute atomic E-state index is 12.6. The Bertz CT molecular complexity index is 748. The minimum absolute atomic E-state index is 0.253. The molecular weight excluding hydrogens is 306 g/mol. The van der Waals surface area contributed by atoms with Crippen molar-refractivity contribution in [3.63, 3.8) is 0 Å². The average molecular weight is 327 g/mol. The van der Waals surface area contributed by atoms with Gasteiger partial charge in [-0.15, -0.1) is 0 Å². The van der Waals surface area contributed by atoms with Crippen molar-refractivity contribution in [1.82, 2.24) is 14.7 Å². The lowest BCUT2D eigenvalue weighted by Gasteiger charge is -2.17. The van der Waals surface area contributed by atoms with Crippen LogP contribution in [0.5, 0.6) is 0 Å². The second-order valence-electron chi connectivity index (χ2n) is 6.26. The third-order valence-electron chi connectivity index (χ3n) is 4.01. The van der Waals surface area contributed by atoms with E-state index in [1.165, 1.54) is 4.90 Å². The van der Waals surface area contributed by atoms with E-state index in [9.17, 15) is 9.59 Å². The number of ether oxygens (including phenoxy) is 1. The van der Waals surface area contributed by atoms with Crippen LogP contribution in [0, 0.1) is 0 Å². The van der Waals surface area contributed by atoms with Crippen molar-refractivity contribution < 1.29 is 14.3 Å². The van der Waals surface area contributed by atoms with E-state index in [0.717, 1.165) is 24.2 Å². The summed E-state index contributed by atoms with van der Waals surface area (Å²) >= 11 is 0. The Hall–Kier alpha value is -2.63. The third kappa shape index (κ3) is 3.32. The summed E-state index contributed by atoms with van der Waals surface area (Å²) in [6.07, 6.45) is 1.35.